The van der Waals surface area contributed by atoms with Gasteiger partial charge in [-0.25, -0.2) is 14.8 Å². The Labute approximate surface area is 194 Å². The number of nitrogens with zero attached hydrogens (tertiary/aromatic N) is 7. The number of aryl methyl sites for hydroxylation is 1. The predicted octanol–water partition coefficient (Wildman–Crippen LogP) is 2.49. The van der Waals surface area contributed by atoms with Crippen LogP contribution >= 0.6 is 0 Å². The topological polar surface area (TPSA) is 81.9 Å². The molecule has 9 heteroatoms. The zero-order valence-electron chi connectivity index (χ0n) is 19.4. The maximum Gasteiger partial charge on any atom is 0.317 e. The average Bonchev–Trinajstić information content (AvgIpc) is 3.26. The van der Waals surface area contributed by atoms with Crippen molar-refractivity contribution in [3.8, 4) is 0 Å². The molecule has 4 heterocycles. The van der Waals surface area contributed by atoms with Gasteiger partial charge in [0, 0.05) is 57.9 Å². The number of imidazole rings is 1. The van der Waals surface area contributed by atoms with E-state index in [1.54, 1.807) is 0 Å². The Bertz CT molecular complexity index is 1120. The monoisotopic (exact) mass is 448 g/mol. The number of pyridine rings is 1. The molecule has 1 saturated heterocycles. The number of rotatable bonds is 5. The van der Waals surface area contributed by atoms with Gasteiger partial charge in [-0.05, 0) is 50.9 Å². The van der Waals surface area contributed by atoms with Crippen LogP contribution in [0.15, 0.2) is 36.8 Å². The lowest BCUT2D eigenvalue weighted by Crippen LogP contribution is -2.52. The Morgan fingerprint density at radius 2 is 2.03 bits per heavy atom. The second-order valence-electron chi connectivity index (χ2n) is 8.89. The van der Waals surface area contributed by atoms with Crippen molar-refractivity contribution in [3.63, 3.8) is 0 Å². The van der Waals surface area contributed by atoms with Crippen molar-refractivity contribution in [2.75, 3.05) is 44.7 Å². The summed E-state index contributed by atoms with van der Waals surface area (Å²) in [6.45, 7) is 6.21. The lowest BCUT2D eigenvalue weighted by molar-refractivity contribution is 0.194. The number of anilines is 1. The van der Waals surface area contributed by atoms with Gasteiger partial charge >= 0.3 is 6.03 Å². The fraction of sp³-hybridized carbons (Fsp3) is 0.500. The lowest BCUT2D eigenvalue weighted by Gasteiger charge is -2.35. The van der Waals surface area contributed by atoms with Crippen molar-refractivity contribution in [2.24, 2.45) is 0 Å². The number of amides is 2. The molecular formula is C24H32N8O. The van der Waals surface area contributed by atoms with Gasteiger partial charge < -0.3 is 15.1 Å². The van der Waals surface area contributed by atoms with Gasteiger partial charge in [-0.15, -0.1) is 0 Å². The fourth-order valence-corrected chi connectivity index (χ4v) is 5.02. The van der Waals surface area contributed by atoms with E-state index >= 15 is 0 Å². The Hall–Kier alpha value is -3.20. The molecule has 2 amide bonds. The molecule has 1 fully saturated rings. The van der Waals surface area contributed by atoms with Gasteiger partial charge in [-0.2, -0.15) is 0 Å². The largest absolute Gasteiger partial charge is 0.338 e. The van der Waals surface area contributed by atoms with E-state index in [9.17, 15) is 4.79 Å². The smallest absolute Gasteiger partial charge is 0.317 e. The highest BCUT2D eigenvalue weighted by atomic mass is 16.2. The maximum atomic E-state index is 12.1. The number of piperazine rings is 1. The number of hydrogen-bond donors (Lipinski definition) is 1. The van der Waals surface area contributed by atoms with E-state index in [2.05, 4.69) is 43.8 Å². The van der Waals surface area contributed by atoms with Gasteiger partial charge in [0.05, 0.1) is 17.4 Å². The van der Waals surface area contributed by atoms with Crippen LogP contribution in [0.25, 0.3) is 5.65 Å². The summed E-state index contributed by atoms with van der Waals surface area (Å²) in [4.78, 5) is 32.8. The second-order valence-corrected chi connectivity index (χ2v) is 8.89. The van der Waals surface area contributed by atoms with Gasteiger partial charge in [0.25, 0.3) is 0 Å². The van der Waals surface area contributed by atoms with Crippen LogP contribution in [0.4, 0.5) is 10.7 Å². The van der Waals surface area contributed by atoms with Gasteiger partial charge in [0.1, 0.15) is 5.65 Å². The first kappa shape index (κ1) is 21.6. The van der Waals surface area contributed by atoms with E-state index in [4.69, 9.17) is 9.97 Å². The number of carbonyl (C=O) groups excluding carboxylic acids is 1. The summed E-state index contributed by atoms with van der Waals surface area (Å²) in [5.74, 6) is 0.883. The molecule has 3 aromatic heterocycles. The molecule has 0 saturated carbocycles. The molecule has 1 aliphatic carbocycles. The van der Waals surface area contributed by atoms with Crippen LogP contribution < -0.4 is 10.2 Å². The van der Waals surface area contributed by atoms with Gasteiger partial charge in [0.15, 0.2) is 0 Å². The lowest BCUT2D eigenvalue weighted by atomic mass is 9.91. The van der Waals surface area contributed by atoms with Crippen LogP contribution in [-0.4, -0.2) is 75.0 Å². The summed E-state index contributed by atoms with van der Waals surface area (Å²) in [7, 11) is 2.16. The van der Waals surface area contributed by atoms with E-state index in [-0.39, 0.29) is 6.03 Å². The number of urea groups is 1. The summed E-state index contributed by atoms with van der Waals surface area (Å²) in [6.07, 6.45) is 9.25. The zero-order valence-corrected chi connectivity index (χ0v) is 19.4. The van der Waals surface area contributed by atoms with Crippen molar-refractivity contribution in [2.45, 2.75) is 38.8 Å². The molecule has 2 aliphatic rings. The highest BCUT2D eigenvalue weighted by Gasteiger charge is 2.26. The molecule has 0 radical (unpaired) electrons. The third-order valence-electron chi connectivity index (χ3n) is 6.70. The highest BCUT2D eigenvalue weighted by Crippen LogP contribution is 2.32. The highest BCUT2D eigenvalue weighted by molar-refractivity contribution is 5.74. The van der Waals surface area contributed by atoms with E-state index in [1.165, 1.54) is 17.7 Å². The van der Waals surface area contributed by atoms with Crippen LogP contribution in [0.3, 0.4) is 0 Å². The van der Waals surface area contributed by atoms with E-state index < -0.39 is 0 Å². The summed E-state index contributed by atoms with van der Waals surface area (Å²) < 4.78 is 2.08. The molecule has 5 rings (SSSR count). The number of aromatic nitrogens is 4. The molecule has 0 aromatic carbocycles. The van der Waals surface area contributed by atoms with Crippen LogP contribution in [0.1, 0.15) is 42.8 Å². The van der Waals surface area contributed by atoms with Crippen molar-refractivity contribution >= 4 is 17.6 Å². The number of fused-ring (bicyclic) bond motifs is 2. The normalized spacial score (nSPS) is 18.6. The first-order valence-electron chi connectivity index (χ1n) is 11.9. The van der Waals surface area contributed by atoms with E-state index in [0.29, 0.717) is 25.7 Å². The van der Waals surface area contributed by atoms with Crippen molar-refractivity contribution < 1.29 is 4.79 Å². The molecule has 1 atom stereocenters. The fourth-order valence-electron chi connectivity index (χ4n) is 5.02. The maximum absolute atomic E-state index is 12.1. The minimum absolute atomic E-state index is 0.00930. The van der Waals surface area contributed by atoms with Crippen LogP contribution in [0, 0.1) is 0 Å². The minimum Gasteiger partial charge on any atom is -0.338 e. The van der Waals surface area contributed by atoms with E-state index in [1.807, 2.05) is 36.4 Å². The number of nitrogens with one attached hydrogen (secondary N) is 1. The number of carbonyl (C=O) groups is 1. The minimum atomic E-state index is 0.00930. The van der Waals surface area contributed by atoms with Crippen LogP contribution in [0.5, 0.6) is 0 Å². The SMILES string of the molecule is CCNC(=O)N1CCN(c2nccc3nc(CN(C)C4CCCc5cccnc54)cn23)CC1. The first-order valence-corrected chi connectivity index (χ1v) is 11.9. The van der Waals surface area contributed by atoms with Gasteiger partial charge in [0.2, 0.25) is 5.95 Å². The molecule has 3 aromatic rings. The third-order valence-corrected chi connectivity index (χ3v) is 6.70. The van der Waals surface area contributed by atoms with Crippen LogP contribution in [0.2, 0.25) is 0 Å². The Morgan fingerprint density at radius 1 is 1.18 bits per heavy atom. The van der Waals surface area contributed by atoms with Gasteiger partial charge in [-0.1, -0.05) is 6.07 Å². The third kappa shape index (κ3) is 4.37. The first-order chi connectivity index (χ1) is 16.1. The molecule has 1 N–H and O–H groups in total. The molecule has 0 bridgehead atoms. The van der Waals surface area contributed by atoms with Crippen molar-refractivity contribution in [3.05, 3.63) is 53.7 Å². The predicted molar refractivity (Wildman–Crippen MR) is 127 cm³/mol. The Morgan fingerprint density at radius 3 is 2.85 bits per heavy atom. The summed E-state index contributed by atoms with van der Waals surface area (Å²) in [5.41, 5.74) is 4.50. The molecule has 33 heavy (non-hydrogen) atoms. The summed E-state index contributed by atoms with van der Waals surface area (Å²) in [6, 6.07) is 6.52. The molecule has 1 unspecified atom stereocenters. The standard InChI is InChI=1S/C24H32N8O/c1-3-25-24(33)31-14-12-30(13-15-31)23-27-11-9-21-28-19(17-32(21)23)16-29(2)20-8-4-6-18-7-5-10-26-22(18)20/h5,7,9-11,17,20H,3-4,6,8,12-16H2,1-2H3,(H,25,33). The zero-order chi connectivity index (χ0) is 22.8. The van der Waals surface area contributed by atoms with Crippen molar-refractivity contribution in [1.29, 1.82) is 0 Å². The Kier molecular flexibility index (Phi) is 6.13. The molecule has 1 aliphatic heterocycles. The second kappa shape index (κ2) is 9.35. The Balaban J connectivity index is 1.31. The quantitative estimate of drug-likeness (QED) is 0.646. The molecular weight excluding hydrogens is 416 g/mol. The van der Waals surface area contributed by atoms with Crippen LogP contribution in [-0.2, 0) is 13.0 Å². The average molecular weight is 449 g/mol. The molecule has 0 spiro atoms. The number of hydrogen-bond acceptors (Lipinski definition) is 6. The summed E-state index contributed by atoms with van der Waals surface area (Å²) in [5, 5.41) is 2.88. The molecule has 9 nitrogen and oxygen atoms in total. The van der Waals surface area contributed by atoms with Gasteiger partial charge in [-0.3, -0.25) is 14.3 Å². The summed E-state index contributed by atoms with van der Waals surface area (Å²) >= 11 is 0. The molecule has 174 valence electrons. The van der Waals surface area contributed by atoms with E-state index in [0.717, 1.165) is 49.8 Å². The van der Waals surface area contributed by atoms with Crippen molar-refractivity contribution in [1.82, 2.24) is 34.5 Å².